The second kappa shape index (κ2) is 6.39. The zero-order chi connectivity index (χ0) is 17.3. The van der Waals surface area contributed by atoms with Gasteiger partial charge in [-0.1, -0.05) is 24.3 Å². The van der Waals surface area contributed by atoms with E-state index in [2.05, 4.69) is 4.98 Å². The van der Waals surface area contributed by atoms with Crippen LogP contribution in [0.25, 0.3) is 0 Å². The van der Waals surface area contributed by atoms with Crippen molar-refractivity contribution in [2.75, 3.05) is 6.61 Å². The van der Waals surface area contributed by atoms with Gasteiger partial charge in [0.15, 0.2) is 0 Å². The zero-order valence-electron chi connectivity index (χ0n) is 13.1. The molecule has 0 fully saturated rings. The van der Waals surface area contributed by atoms with Gasteiger partial charge in [0.05, 0.1) is 43.3 Å². The normalized spacial score (nSPS) is 15.8. The largest absolute Gasteiger partial charge is 0.395 e. The van der Waals surface area contributed by atoms with Crippen molar-refractivity contribution in [3.05, 3.63) is 63.3 Å². The minimum atomic E-state index is -4.26. The maximum Gasteiger partial charge on any atom is 0.395 e. The van der Waals surface area contributed by atoms with Gasteiger partial charge in [-0.3, -0.25) is 9.36 Å². The lowest BCUT2D eigenvalue weighted by molar-refractivity contribution is -0.146. The third-order valence-corrected chi connectivity index (χ3v) is 4.27. The van der Waals surface area contributed by atoms with Gasteiger partial charge in [0.2, 0.25) is 0 Å². The van der Waals surface area contributed by atoms with Crippen LogP contribution in [-0.2, 0) is 24.3 Å². The average Bonchev–Trinajstić information content (AvgIpc) is 2.57. The lowest BCUT2D eigenvalue weighted by Gasteiger charge is -2.17. The van der Waals surface area contributed by atoms with Gasteiger partial charge in [0.1, 0.15) is 0 Å². The van der Waals surface area contributed by atoms with Gasteiger partial charge >= 0.3 is 6.18 Å². The first-order valence-corrected chi connectivity index (χ1v) is 7.66. The van der Waals surface area contributed by atoms with Gasteiger partial charge < -0.3 is 4.74 Å². The Hall–Kier alpha value is -2.15. The van der Waals surface area contributed by atoms with Gasteiger partial charge in [0, 0.05) is 6.42 Å². The van der Waals surface area contributed by atoms with Crippen molar-refractivity contribution in [2.24, 2.45) is 0 Å². The molecule has 0 saturated heterocycles. The highest BCUT2D eigenvalue weighted by molar-refractivity contribution is 5.26. The standard InChI is InChI=1S/C17H17F3N2O2/c1-11(17(18,19)20)13-4-2-12(3-5-13)8-22-10-21-15-6-7-24-9-14(15)16(22)23/h2-5,10-11H,6-9H2,1H3. The van der Waals surface area contributed by atoms with Gasteiger partial charge in [-0.05, 0) is 18.1 Å². The number of ether oxygens (including phenoxy) is 1. The molecule has 0 aliphatic carbocycles. The summed E-state index contributed by atoms with van der Waals surface area (Å²) in [5.74, 6) is -1.52. The fourth-order valence-corrected chi connectivity index (χ4v) is 2.68. The molecule has 2 heterocycles. The Kier molecular flexibility index (Phi) is 4.45. The van der Waals surface area contributed by atoms with Gasteiger partial charge in [-0.2, -0.15) is 13.2 Å². The van der Waals surface area contributed by atoms with E-state index in [1.807, 2.05) is 0 Å². The molecule has 2 aromatic rings. The van der Waals surface area contributed by atoms with Gasteiger partial charge in [0.25, 0.3) is 5.56 Å². The SMILES string of the molecule is CC(c1ccc(Cn2cnc3c(c2=O)COCC3)cc1)C(F)(F)F. The van der Waals surface area contributed by atoms with Crippen molar-refractivity contribution in [2.45, 2.75) is 38.6 Å². The van der Waals surface area contributed by atoms with Crippen LogP contribution in [0.5, 0.6) is 0 Å². The van der Waals surface area contributed by atoms with Crippen molar-refractivity contribution in [3.63, 3.8) is 0 Å². The van der Waals surface area contributed by atoms with E-state index in [9.17, 15) is 18.0 Å². The Bertz CT molecular complexity index is 782. The molecule has 1 unspecified atom stereocenters. The van der Waals surface area contributed by atoms with Crippen molar-refractivity contribution in [1.29, 1.82) is 0 Å². The first-order chi connectivity index (χ1) is 11.4. The summed E-state index contributed by atoms with van der Waals surface area (Å²) in [5.41, 5.74) is 2.11. The Labute approximate surface area is 136 Å². The van der Waals surface area contributed by atoms with Gasteiger partial charge in [-0.25, -0.2) is 4.98 Å². The van der Waals surface area contributed by atoms with Crippen molar-refractivity contribution in [1.82, 2.24) is 9.55 Å². The summed E-state index contributed by atoms with van der Waals surface area (Å²) >= 11 is 0. The molecule has 0 N–H and O–H groups in total. The molecular weight excluding hydrogens is 321 g/mol. The highest BCUT2D eigenvalue weighted by Crippen LogP contribution is 2.34. The summed E-state index contributed by atoms with van der Waals surface area (Å²) in [6.45, 7) is 2.21. The maximum atomic E-state index is 12.7. The Morgan fingerprint density at radius 2 is 2.00 bits per heavy atom. The molecule has 0 bridgehead atoms. The van der Waals surface area contributed by atoms with Gasteiger partial charge in [-0.15, -0.1) is 0 Å². The zero-order valence-corrected chi connectivity index (χ0v) is 13.1. The number of hydrogen-bond acceptors (Lipinski definition) is 3. The number of fused-ring (bicyclic) bond motifs is 1. The second-order valence-corrected chi connectivity index (χ2v) is 5.91. The lowest BCUT2D eigenvalue weighted by Crippen LogP contribution is -2.30. The molecule has 3 rings (SSSR count). The highest BCUT2D eigenvalue weighted by atomic mass is 19.4. The number of alkyl halides is 3. The lowest BCUT2D eigenvalue weighted by atomic mass is 9.99. The van der Waals surface area contributed by atoms with Crippen LogP contribution < -0.4 is 5.56 Å². The first-order valence-electron chi connectivity index (χ1n) is 7.66. The van der Waals surface area contributed by atoms with E-state index in [4.69, 9.17) is 4.74 Å². The van der Waals surface area contributed by atoms with Crippen molar-refractivity contribution >= 4 is 0 Å². The summed E-state index contributed by atoms with van der Waals surface area (Å²) in [6.07, 6.45) is -2.16. The summed E-state index contributed by atoms with van der Waals surface area (Å²) in [5, 5.41) is 0. The maximum absolute atomic E-state index is 12.7. The summed E-state index contributed by atoms with van der Waals surface area (Å²) in [6, 6.07) is 6.13. The van der Waals surface area contributed by atoms with Crippen LogP contribution in [-0.4, -0.2) is 22.3 Å². The first kappa shape index (κ1) is 16.7. The fourth-order valence-electron chi connectivity index (χ4n) is 2.68. The predicted octanol–water partition coefficient (Wildman–Crippen LogP) is 3.03. The minimum Gasteiger partial charge on any atom is -0.376 e. The number of benzene rings is 1. The smallest absolute Gasteiger partial charge is 0.376 e. The molecule has 0 radical (unpaired) electrons. The molecule has 1 atom stereocenters. The topological polar surface area (TPSA) is 44.1 Å². The minimum absolute atomic E-state index is 0.160. The Balaban J connectivity index is 1.81. The molecule has 0 spiro atoms. The molecule has 0 amide bonds. The second-order valence-electron chi connectivity index (χ2n) is 5.91. The van der Waals surface area contributed by atoms with Crippen LogP contribution in [0.3, 0.4) is 0 Å². The number of halogens is 3. The number of hydrogen-bond donors (Lipinski definition) is 0. The van der Waals surface area contributed by atoms with E-state index < -0.39 is 12.1 Å². The molecule has 128 valence electrons. The monoisotopic (exact) mass is 338 g/mol. The van der Waals surface area contributed by atoms with E-state index in [0.29, 0.717) is 18.6 Å². The van der Waals surface area contributed by atoms with Crippen molar-refractivity contribution in [3.8, 4) is 0 Å². The summed E-state index contributed by atoms with van der Waals surface area (Å²) < 4.78 is 44.9. The van der Waals surface area contributed by atoms with Crippen LogP contribution in [0.15, 0.2) is 35.4 Å². The Morgan fingerprint density at radius 1 is 1.29 bits per heavy atom. The number of nitrogens with zero attached hydrogens (tertiary/aromatic N) is 2. The van der Waals surface area contributed by atoms with Crippen LogP contribution in [0.2, 0.25) is 0 Å². The molecule has 1 aromatic carbocycles. The summed E-state index contributed by atoms with van der Waals surface area (Å²) in [4.78, 5) is 16.7. The molecule has 1 aliphatic heterocycles. The predicted molar refractivity (Wildman–Crippen MR) is 81.9 cm³/mol. The fraction of sp³-hybridized carbons (Fsp3) is 0.412. The average molecular weight is 338 g/mol. The number of rotatable bonds is 3. The van der Waals surface area contributed by atoms with E-state index >= 15 is 0 Å². The van der Waals surface area contributed by atoms with Crippen LogP contribution >= 0.6 is 0 Å². The van der Waals surface area contributed by atoms with Crippen LogP contribution in [0.1, 0.15) is 35.2 Å². The summed E-state index contributed by atoms with van der Waals surface area (Å²) in [7, 11) is 0. The Morgan fingerprint density at radius 3 is 2.67 bits per heavy atom. The molecule has 1 aromatic heterocycles. The third kappa shape index (κ3) is 3.36. The molecule has 4 nitrogen and oxygen atoms in total. The molecule has 24 heavy (non-hydrogen) atoms. The highest BCUT2D eigenvalue weighted by Gasteiger charge is 2.36. The van der Waals surface area contributed by atoms with E-state index in [1.165, 1.54) is 23.0 Å². The molecule has 0 saturated carbocycles. The molecular formula is C17H17F3N2O2. The van der Waals surface area contributed by atoms with E-state index in [1.54, 1.807) is 12.1 Å². The third-order valence-electron chi connectivity index (χ3n) is 4.27. The molecule has 1 aliphatic rings. The van der Waals surface area contributed by atoms with Crippen molar-refractivity contribution < 1.29 is 17.9 Å². The quantitative estimate of drug-likeness (QED) is 0.864. The van der Waals surface area contributed by atoms with E-state index in [-0.39, 0.29) is 24.3 Å². The number of aromatic nitrogens is 2. The van der Waals surface area contributed by atoms with Crippen LogP contribution in [0, 0.1) is 0 Å². The van der Waals surface area contributed by atoms with Crippen LogP contribution in [0.4, 0.5) is 13.2 Å². The molecule has 7 heteroatoms. The van der Waals surface area contributed by atoms with E-state index in [0.717, 1.165) is 18.2 Å².